The third-order valence-corrected chi connectivity index (χ3v) is 9.53. The smallest absolute Gasteiger partial charge is 0.243 e. The van der Waals surface area contributed by atoms with Crippen LogP contribution in [0, 0.1) is 0 Å². The van der Waals surface area contributed by atoms with E-state index in [9.17, 15) is 18.3 Å². The molecule has 42 heavy (non-hydrogen) atoms. The Morgan fingerprint density at radius 2 is 1.64 bits per heavy atom. The lowest BCUT2D eigenvalue weighted by molar-refractivity contribution is -0.121. The number of nitrogens with one attached hydrogen (secondary N) is 1. The van der Waals surface area contributed by atoms with Gasteiger partial charge in [0.1, 0.15) is 11.5 Å². The Hall–Kier alpha value is -4.34. The van der Waals surface area contributed by atoms with E-state index in [1.165, 1.54) is 0 Å². The van der Waals surface area contributed by atoms with Gasteiger partial charge in [-0.05, 0) is 90.0 Å². The SMILES string of the molecule is O=C1CCc2ccc(O)c(c2)Oc2ccc3c(c2)CCN(S(=O)(=O)c2ccccc2)C3c2ccc(cc2)OCCCN1. The first-order chi connectivity index (χ1) is 20.4. The number of aromatic hydroxyl groups is 1. The zero-order chi connectivity index (χ0) is 29.1. The van der Waals surface area contributed by atoms with Crippen LogP contribution < -0.4 is 14.8 Å². The normalized spacial score (nSPS) is 17.9. The van der Waals surface area contributed by atoms with Crippen LogP contribution in [0.4, 0.5) is 0 Å². The molecule has 4 aromatic rings. The van der Waals surface area contributed by atoms with Crippen LogP contribution >= 0.6 is 0 Å². The molecular formula is C33H32N2O6S. The maximum Gasteiger partial charge on any atom is 0.243 e. The second-order valence-corrected chi connectivity index (χ2v) is 12.4. The van der Waals surface area contributed by atoms with Gasteiger partial charge in [0.25, 0.3) is 0 Å². The fourth-order valence-corrected chi connectivity index (χ4v) is 7.10. The molecule has 4 heterocycles. The molecule has 9 heteroatoms. The van der Waals surface area contributed by atoms with Gasteiger partial charge in [0, 0.05) is 19.5 Å². The molecule has 8 rings (SSSR count). The minimum atomic E-state index is -3.80. The summed E-state index contributed by atoms with van der Waals surface area (Å²) < 4.78 is 41.4. The second kappa shape index (κ2) is 11.9. The second-order valence-electron chi connectivity index (χ2n) is 10.5. The third-order valence-electron chi connectivity index (χ3n) is 7.65. The number of benzene rings is 4. The van der Waals surface area contributed by atoms with Crippen LogP contribution in [0.3, 0.4) is 0 Å². The number of rotatable bonds is 2. The van der Waals surface area contributed by atoms with Gasteiger partial charge in [0.2, 0.25) is 15.9 Å². The van der Waals surface area contributed by atoms with E-state index in [0.717, 1.165) is 22.3 Å². The molecule has 4 aliphatic heterocycles. The predicted molar refractivity (Wildman–Crippen MR) is 158 cm³/mol. The molecule has 0 fully saturated rings. The van der Waals surface area contributed by atoms with Crippen LogP contribution in [-0.4, -0.2) is 43.4 Å². The van der Waals surface area contributed by atoms with Crippen molar-refractivity contribution in [3.63, 3.8) is 0 Å². The highest BCUT2D eigenvalue weighted by atomic mass is 32.2. The Bertz CT molecular complexity index is 1690. The molecule has 8 nitrogen and oxygen atoms in total. The summed E-state index contributed by atoms with van der Waals surface area (Å²) in [6.45, 7) is 1.21. The number of fused-ring (bicyclic) bond motifs is 1. The molecule has 4 aliphatic rings. The molecule has 216 valence electrons. The van der Waals surface area contributed by atoms with Crippen molar-refractivity contribution in [2.75, 3.05) is 19.7 Å². The molecular weight excluding hydrogens is 552 g/mol. The number of amides is 1. The topological polar surface area (TPSA) is 105 Å². The van der Waals surface area contributed by atoms with Gasteiger partial charge >= 0.3 is 0 Å². The summed E-state index contributed by atoms with van der Waals surface area (Å²) in [4.78, 5) is 12.6. The van der Waals surface area contributed by atoms with E-state index in [1.807, 2.05) is 36.4 Å². The van der Waals surface area contributed by atoms with Crippen molar-refractivity contribution in [3.05, 3.63) is 113 Å². The molecule has 0 aromatic heterocycles. The summed E-state index contributed by atoms with van der Waals surface area (Å²) in [5, 5.41) is 13.4. The molecule has 4 aromatic carbocycles. The molecule has 0 spiro atoms. The minimum Gasteiger partial charge on any atom is -0.504 e. The number of hydrogen-bond donors (Lipinski definition) is 2. The lowest BCUT2D eigenvalue weighted by Crippen LogP contribution is -2.40. The van der Waals surface area contributed by atoms with Crippen LogP contribution in [-0.2, 0) is 27.7 Å². The zero-order valence-corrected chi connectivity index (χ0v) is 23.8. The molecule has 8 bridgehead atoms. The number of hydrogen-bond acceptors (Lipinski definition) is 6. The van der Waals surface area contributed by atoms with Crippen molar-refractivity contribution >= 4 is 15.9 Å². The Balaban J connectivity index is 1.41. The molecule has 0 aliphatic carbocycles. The van der Waals surface area contributed by atoms with Crippen LogP contribution in [0.2, 0.25) is 0 Å². The van der Waals surface area contributed by atoms with Gasteiger partial charge in [0.05, 0.1) is 17.5 Å². The summed E-state index contributed by atoms with van der Waals surface area (Å²) in [5.74, 6) is 1.45. The highest BCUT2D eigenvalue weighted by Crippen LogP contribution is 2.41. The predicted octanol–water partition coefficient (Wildman–Crippen LogP) is 5.35. The van der Waals surface area contributed by atoms with E-state index in [1.54, 1.807) is 58.9 Å². The Labute approximate surface area is 245 Å². The van der Waals surface area contributed by atoms with Gasteiger partial charge < -0.3 is 19.9 Å². The van der Waals surface area contributed by atoms with Crippen LogP contribution in [0.5, 0.6) is 23.0 Å². The van der Waals surface area contributed by atoms with Gasteiger partial charge in [-0.2, -0.15) is 4.31 Å². The van der Waals surface area contributed by atoms with Gasteiger partial charge in [-0.25, -0.2) is 8.42 Å². The molecule has 1 amide bonds. The third kappa shape index (κ3) is 5.84. The molecule has 1 atom stereocenters. The Kier molecular flexibility index (Phi) is 7.86. The minimum absolute atomic E-state index is 0.00240. The number of sulfonamides is 1. The number of carbonyl (C=O) groups is 1. The number of phenols is 1. The molecule has 0 saturated carbocycles. The maximum absolute atomic E-state index is 13.9. The van der Waals surface area contributed by atoms with Crippen LogP contribution in [0.25, 0.3) is 0 Å². The van der Waals surface area contributed by atoms with Gasteiger partial charge in [-0.15, -0.1) is 0 Å². The first-order valence-corrected chi connectivity index (χ1v) is 15.5. The number of ether oxygens (including phenoxy) is 2. The van der Waals surface area contributed by atoms with E-state index >= 15 is 0 Å². The summed E-state index contributed by atoms with van der Waals surface area (Å²) in [5.41, 5.74) is 3.53. The van der Waals surface area contributed by atoms with Crippen molar-refractivity contribution in [2.45, 2.75) is 36.6 Å². The summed E-state index contributed by atoms with van der Waals surface area (Å²) in [6, 6.07) is 26.2. The van der Waals surface area contributed by atoms with Crippen LogP contribution in [0.15, 0.2) is 95.9 Å². The van der Waals surface area contributed by atoms with Gasteiger partial charge in [-0.1, -0.05) is 42.5 Å². The largest absolute Gasteiger partial charge is 0.504 e. The van der Waals surface area contributed by atoms with E-state index in [2.05, 4.69) is 5.32 Å². The monoisotopic (exact) mass is 584 g/mol. The average molecular weight is 585 g/mol. The van der Waals surface area contributed by atoms with Crippen molar-refractivity contribution in [1.82, 2.24) is 9.62 Å². The highest BCUT2D eigenvalue weighted by Gasteiger charge is 2.37. The molecule has 0 radical (unpaired) electrons. The standard InChI is InChI=1S/C33H32N2O6S/c36-30-15-7-23-8-16-32(37)34-18-4-20-40-26-11-9-24(10-12-26)33-29-14-13-27(41-31(30)21-23)22-25(29)17-19-35(33)42(38,39)28-5-2-1-3-6-28/h1-3,5-7,9-15,21-22,33,36H,4,8,16-20H2,(H,34,37). The van der Waals surface area contributed by atoms with E-state index in [0.29, 0.717) is 62.6 Å². The van der Waals surface area contributed by atoms with Crippen molar-refractivity contribution in [2.24, 2.45) is 0 Å². The van der Waals surface area contributed by atoms with E-state index in [-0.39, 0.29) is 16.6 Å². The van der Waals surface area contributed by atoms with Crippen molar-refractivity contribution < 1.29 is 27.8 Å². The number of aryl methyl sites for hydroxylation is 1. The van der Waals surface area contributed by atoms with Crippen molar-refractivity contribution in [3.8, 4) is 23.0 Å². The number of phenolic OH excluding ortho intramolecular Hbond substituents is 1. The van der Waals surface area contributed by atoms with Crippen LogP contribution in [0.1, 0.15) is 41.1 Å². The number of nitrogens with zero attached hydrogens (tertiary/aromatic N) is 1. The maximum atomic E-state index is 13.9. The number of carbonyl (C=O) groups excluding carboxylic acids is 1. The van der Waals surface area contributed by atoms with E-state index < -0.39 is 16.1 Å². The molecule has 2 N–H and O–H groups in total. The van der Waals surface area contributed by atoms with Crippen molar-refractivity contribution in [1.29, 1.82) is 0 Å². The lowest BCUT2D eigenvalue weighted by atomic mass is 9.89. The summed E-state index contributed by atoms with van der Waals surface area (Å²) in [7, 11) is -3.80. The summed E-state index contributed by atoms with van der Waals surface area (Å²) >= 11 is 0. The Morgan fingerprint density at radius 3 is 2.45 bits per heavy atom. The van der Waals surface area contributed by atoms with Gasteiger partial charge in [-0.3, -0.25) is 4.79 Å². The molecule has 0 saturated heterocycles. The first kappa shape index (κ1) is 27.8. The first-order valence-electron chi connectivity index (χ1n) is 14.1. The molecule has 1 unspecified atom stereocenters. The fraction of sp³-hybridized carbons (Fsp3) is 0.242. The quantitative estimate of drug-likeness (QED) is 0.329. The zero-order valence-electron chi connectivity index (χ0n) is 23.0. The average Bonchev–Trinajstić information content (AvgIpc) is 3.01. The Morgan fingerprint density at radius 1 is 0.857 bits per heavy atom. The van der Waals surface area contributed by atoms with E-state index in [4.69, 9.17) is 9.47 Å². The lowest BCUT2D eigenvalue weighted by Gasteiger charge is -2.37. The fourth-order valence-electron chi connectivity index (χ4n) is 5.48. The summed E-state index contributed by atoms with van der Waals surface area (Å²) in [6.07, 6.45) is 1.96. The highest BCUT2D eigenvalue weighted by molar-refractivity contribution is 7.89. The van der Waals surface area contributed by atoms with Gasteiger partial charge in [0.15, 0.2) is 11.5 Å².